The van der Waals surface area contributed by atoms with Gasteiger partial charge in [-0.2, -0.15) is 0 Å². The molecule has 6 nitrogen and oxygen atoms in total. The molecule has 2 unspecified atom stereocenters. The van der Waals surface area contributed by atoms with E-state index < -0.39 is 6.10 Å². The number of hydrogen-bond acceptors (Lipinski definition) is 5. The molecule has 6 heteroatoms. The fraction of sp³-hybridized carbons (Fsp3) is 0.619. The highest BCUT2D eigenvalue weighted by Crippen LogP contribution is 2.27. The van der Waals surface area contributed by atoms with Crippen molar-refractivity contribution in [1.82, 2.24) is 4.98 Å². The van der Waals surface area contributed by atoms with Crippen LogP contribution in [0.3, 0.4) is 0 Å². The predicted molar refractivity (Wildman–Crippen MR) is 105 cm³/mol. The lowest BCUT2D eigenvalue weighted by molar-refractivity contribution is -0.132. The molecule has 1 aromatic heterocycles. The molecule has 27 heavy (non-hydrogen) atoms. The number of amides is 1. The molecule has 2 atom stereocenters. The van der Waals surface area contributed by atoms with Gasteiger partial charge in [0.05, 0.1) is 12.7 Å². The molecule has 1 aliphatic heterocycles. The smallest absolute Gasteiger partial charge is 0.253 e. The first-order valence-electron chi connectivity index (χ1n) is 9.69. The van der Waals surface area contributed by atoms with Crippen LogP contribution in [-0.4, -0.2) is 36.3 Å². The number of rotatable bonds is 6. The Morgan fingerprint density at radius 2 is 2.15 bits per heavy atom. The molecule has 1 fully saturated rings. The maximum atomic E-state index is 12.7. The van der Waals surface area contributed by atoms with Gasteiger partial charge in [-0.1, -0.05) is 34.6 Å². The van der Waals surface area contributed by atoms with Crippen LogP contribution in [-0.2, 0) is 19.7 Å². The Labute approximate surface area is 160 Å². The third-order valence-electron chi connectivity index (χ3n) is 4.65. The second-order valence-electron chi connectivity index (χ2n) is 8.57. The van der Waals surface area contributed by atoms with Gasteiger partial charge in [-0.05, 0) is 37.0 Å². The molecule has 1 aromatic carbocycles. The third-order valence-corrected chi connectivity index (χ3v) is 4.65. The van der Waals surface area contributed by atoms with Gasteiger partial charge in [-0.25, -0.2) is 4.98 Å². The van der Waals surface area contributed by atoms with Crippen molar-refractivity contribution in [2.75, 3.05) is 18.5 Å². The summed E-state index contributed by atoms with van der Waals surface area (Å²) in [5.41, 5.74) is 1.97. The molecule has 3 rings (SSSR count). The highest BCUT2D eigenvalue weighted by atomic mass is 16.5. The van der Waals surface area contributed by atoms with Crippen LogP contribution < -0.4 is 5.32 Å². The highest BCUT2D eigenvalue weighted by molar-refractivity contribution is 5.95. The minimum absolute atomic E-state index is 0.0645. The number of hydrogen-bond donors (Lipinski definition) is 1. The van der Waals surface area contributed by atoms with Crippen molar-refractivity contribution in [2.45, 2.75) is 65.1 Å². The molecule has 0 saturated carbocycles. The van der Waals surface area contributed by atoms with Crippen LogP contribution in [0.1, 0.15) is 53.4 Å². The summed E-state index contributed by atoms with van der Waals surface area (Å²) >= 11 is 0. The van der Waals surface area contributed by atoms with Crippen molar-refractivity contribution in [3.05, 3.63) is 24.1 Å². The van der Waals surface area contributed by atoms with Gasteiger partial charge in [0.1, 0.15) is 11.6 Å². The SMILES string of the molecule is CC(C)C(OCC1CCCO1)C(=O)Nc1ccc2oc(C(C)(C)C)nc2c1. The number of carbonyl (C=O) groups is 1. The molecule has 148 valence electrons. The molecule has 1 amide bonds. The maximum Gasteiger partial charge on any atom is 0.253 e. The fourth-order valence-electron chi connectivity index (χ4n) is 3.10. The van der Waals surface area contributed by atoms with Crippen LogP contribution in [0.2, 0.25) is 0 Å². The molecular weight excluding hydrogens is 344 g/mol. The van der Waals surface area contributed by atoms with Gasteiger partial charge in [-0.3, -0.25) is 4.79 Å². The first-order chi connectivity index (χ1) is 12.7. The normalized spacial score (nSPS) is 19.0. The summed E-state index contributed by atoms with van der Waals surface area (Å²) in [7, 11) is 0. The molecule has 2 heterocycles. The van der Waals surface area contributed by atoms with Crippen molar-refractivity contribution in [1.29, 1.82) is 0 Å². The monoisotopic (exact) mass is 374 g/mol. The number of anilines is 1. The molecular formula is C21H30N2O4. The average molecular weight is 374 g/mol. The van der Waals surface area contributed by atoms with Gasteiger partial charge in [0.2, 0.25) is 5.89 Å². The zero-order valence-electron chi connectivity index (χ0n) is 16.9. The van der Waals surface area contributed by atoms with Crippen molar-refractivity contribution in [2.24, 2.45) is 5.92 Å². The maximum absolute atomic E-state index is 12.7. The van der Waals surface area contributed by atoms with Crippen molar-refractivity contribution < 1.29 is 18.7 Å². The lowest BCUT2D eigenvalue weighted by Crippen LogP contribution is -2.36. The van der Waals surface area contributed by atoms with Crippen LogP contribution in [0, 0.1) is 5.92 Å². The Hall–Kier alpha value is -1.92. The van der Waals surface area contributed by atoms with Gasteiger partial charge in [0.15, 0.2) is 5.58 Å². The zero-order chi connectivity index (χ0) is 19.6. The Balaban J connectivity index is 1.68. The van der Waals surface area contributed by atoms with Crippen LogP contribution >= 0.6 is 0 Å². The van der Waals surface area contributed by atoms with E-state index in [0.717, 1.165) is 25.0 Å². The van der Waals surface area contributed by atoms with Gasteiger partial charge >= 0.3 is 0 Å². The van der Waals surface area contributed by atoms with Crippen molar-refractivity contribution >= 4 is 22.7 Å². The van der Waals surface area contributed by atoms with Gasteiger partial charge in [0.25, 0.3) is 5.91 Å². The van der Waals surface area contributed by atoms with Crippen LogP contribution in [0.25, 0.3) is 11.1 Å². The standard InChI is InChI=1S/C21H30N2O4/c1-13(2)18(26-12-15-7-6-10-25-15)19(24)22-14-8-9-17-16(11-14)23-20(27-17)21(3,4)5/h8-9,11,13,15,18H,6-7,10,12H2,1-5H3,(H,22,24). The number of fused-ring (bicyclic) bond motifs is 1. The molecule has 0 aliphatic carbocycles. The second kappa shape index (κ2) is 7.98. The number of nitrogens with zero attached hydrogens (tertiary/aromatic N) is 1. The molecule has 0 radical (unpaired) electrons. The first-order valence-corrected chi connectivity index (χ1v) is 9.69. The summed E-state index contributed by atoms with van der Waals surface area (Å²) < 4.78 is 17.3. The third kappa shape index (κ3) is 4.87. The number of benzene rings is 1. The number of carbonyl (C=O) groups excluding carboxylic acids is 1. The summed E-state index contributed by atoms with van der Waals surface area (Å²) in [6.45, 7) is 11.4. The molecule has 1 N–H and O–H groups in total. The fourth-order valence-corrected chi connectivity index (χ4v) is 3.10. The molecule has 1 saturated heterocycles. The Morgan fingerprint density at radius 1 is 1.37 bits per heavy atom. The van der Waals surface area contributed by atoms with Gasteiger partial charge in [-0.15, -0.1) is 0 Å². The molecule has 1 aliphatic rings. The van der Waals surface area contributed by atoms with Crippen LogP contribution in [0.5, 0.6) is 0 Å². The van der Waals surface area contributed by atoms with Crippen LogP contribution in [0.4, 0.5) is 5.69 Å². The highest BCUT2D eigenvalue weighted by Gasteiger charge is 2.26. The van der Waals surface area contributed by atoms with Crippen molar-refractivity contribution in [3.8, 4) is 0 Å². The Bertz CT molecular complexity index is 785. The van der Waals surface area contributed by atoms with Gasteiger partial charge in [0, 0.05) is 17.7 Å². The predicted octanol–water partition coefficient (Wildman–Crippen LogP) is 4.28. The Kier molecular flexibility index (Phi) is 5.86. The first kappa shape index (κ1) is 19.8. The lowest BCUT2D eigenvalue weighted by Gasteiger charge is -2.22. The summed E-state index contributed by atoms with van der Waals surface area (Å²) in [5.74, 6) is 0.595. The lowest BCUT2D eigenvalue weighted by atomic mass is 9.97. The molecule has 0 spiro atoms. The Morgan fingerprint density at radius 3 is 2.78 bits per heavy atom. The largest absolute Gasteiger partial charge is 0.440 e. The summed E-state index contributed by atoms with van der Waals surface area (Å²) in [6, 6.07) is 5.50. The van der Waals surface area contributed by atoms with E-state index in [0.29, 0.717) is 23.8 Å². The minimum Gasteiger partial charge on any atom is -0.440 e. The number of oxazole rings is 1. The number of nitrogens with one attached hydrogen (secondary N) is 1. The zero-order valence-corrected chi connectivity index (χ0v) is 16.9. The van der Waals surface area contributed by atoms with Gasteiger partial charge < -0.3 is 19.2 Å². The van der Waals surface area contributed by atoms with E-state index in [1.54, 1.807) is 0 Å². The van der Waals surface area contributed by atoms with Crippen molar-refractivity contribution in [3.63, 3.8) is 0 Å². The minimum atomic E-state index is -0.521. The van der Waals surface area contributed by atoms with E-state index >= 15 is 0 Å². The second-order valence-corrected chi connectivity index (χ2v) is 8.57. The molecule has 2 aromatic rings. The van der Waals surface area contributed by atoms with Crippen LogP contribution in [0.15, 0.2) is 22.6 Å². The average Bonchev–Trinajstić information content (AvgIpc) is 3.22. The van der Waals surface area contributed by atoms with E-state index in [9.17, 15) is 4.79 Å². The van der Waals surface area contributed by atoms with E-state index in [1.165, 1.54) is 0 Å². The summed E-state index contributed by atoms with van der Waals surface area (Å²) in [5, 5.41) is 2.95. The summed E-state index contributed by atoms with van der Waals surface area (Å²) in [6.07, 6.45) is 1.63. The van der Waals surface area contributed by atoms with E-state index in [4.69, 9.17) is 13.9 Å². The number of aromatic nitrogens is 1. The summed E-state index contributed by atoms with van der Waals surface area (Å²) in [4.78, 5) is 17.3. The molecule has 0 bridgehead atoms. The van der Waals surface area contributed by atoms with E-state index in [-0.39, 0.29) is 23.3 Å². The van der Waals surface area contributed by atoms with E-state index in [1.807, 2.05) is 32.0 Å². The quantitative estimate of drug-likeness (QED) is 0.817. The van der Waals surface area contributed by atoms with E-state index in [2.05, 4.69) is 31.1 Å². The topological polar surface area (TPSA) is 73.6 Å². The number of ether oxygens (including phenoxy) is 2.